The van der Waals surface area contributed by atoms with E-state index in [9.17, 15) is 0 Å². The summed E-state index contributed by atoms with van der Waals surface area (Å²) in [5.74, 6) is 0. The molecule has 21 heavy (non-hydrogen) atoms. The van der Waals surface area contributed by atoms with E-state index in [0.29, 0.717) is 22.7 Å². The fraction of sp³-hybridized carbons (Fsp3) is 0. The van der Waals surface area contributed by atoms with Gasteiger partial charge in [0.05, 0.1) is 23.3 Å². The number of pyridine rings is 1. The summed E-state index contributed by atoms with van der Waals surface area (Å²) in [7, 11) is 0. The molecule has 0 atom stereocenters. The van der Waals surface area contributed by atoms with Crippen LogP contribution in [0.3, 0.4) is 0 Å². The SMILES string of the molecule is N=C(c1ccccc1)c1cc(-c2cncnc2)ncc1N. The lowest BCUT2D eigenvalue weighted by atomic mass is 10.0. The number of anilines is 1. The Labute approximate surface area is 122 Å². The van der Waals surface area contributed by atoms with Crippen LogP contribution in [0.15, 0.2) is 61.3 Å². The molecule has 0 aliphatic heterocycles. The Morgan fingerprint density at radius 1 is 1.00 bits per heavy atom. The van der Waals surface area contributed by atoms with Crippen LogP contribution < -0.4 is 5.73 Å². The van der Waals surface area contributed by atoms with Crippen molar-refractivity contribution in [1.29, 1.82) is 5.41 Å². The highest BCUT2D eigenvalue weighted by Gasteiger charge is 2.11. The number of nitrogens with one attached hydrogen (secondary N) is 1. The van der Waals surface area contributed by atoms with Gasteiger partial charge in [-0.25, -0.2) is 9.97 Å². The number of aromatic nitrogens is 3. The summed E-state index contributed by atoms with van der Waals surface area (Å²) in [6.07, 6.45) is 6.39. The standard InChI is InChI=1S/C16H13N5/c17-14-9-21-15(12-7-19-10-20-8-12)6-13(14)16(18)11-4-2-1-3-5-11/h1-10,18H,17H2. The van der Waals surface area contributed by atoms with Crippen molar-refractivity contribution < 1.29 is 0 Å². The van der Waals surface area contributed by atoms with Crippen molar-refractivity contribution in [2.75, 3.05) is 5.73 Å². The smallest absolute Gasteiger partial charge is 0.115 e. The fourth-order valence-corrected chi connectivity index (χ4v) is 2.03. The predicted octanol–water partition coefficient (Wildman–Crippen LogP) is 2.54. The van der Waals surface area contributed by atoms with Crippen molar-refractivity contribution in [1.82, 2.24) is 15.0 Å². The molecule has 0 aliphatic carbocycles. The van der Waals surface area contributed by atoms with Crippen LogP contribution in [-0.4, -0.2) is 20.7 Å². The minimum Gasteiger partial charge on any atom is -0.397 e. The van der Waals surface area contributed by atoms with Crippen LogP contribution in [-0.2, 0) is 0 Å². The molecule has 3 aromatic rings. The van der Waals surface area contributed by atoms with E-state index < -0.39 is 0 Å². The monoisotopic (exact) mass is 275 g/mol. The number of rotatable bonds is 3. The van der Waals surface area contributed by atoms with Crippen LogP contribution in [0.1, 0.15) is 11.1 Å². The first kappa shape index (κ1) is 12.9. The number of nitrogens with zero attached hydrogens (tertiary/aromatic N) is 3. The quantitative estimate of drug-likeness (QED) is 0.719. The highest BCUT2D eigenvalue weighted by atomic mass is 14.8. The molecule has 0 amide bonds. The first-order valence-corrected chi connectivity index (χ1v) is 6.41. The lowest BCUT2D eigenvalue weighted by Crippen LogP contribution is -2.06. The molecule has 0 saturated heterocycles. The summed E-state index contributed by atoms with van der Waals surface area (Å²) < 4.78 is 0. The fourth-order valence-electron chi connectivity index (χ4n) is 2.03. The highest BCUT2D eigenvalue weighted by Crippen LogP contribution is 2.22. The van der Waals surface area contributed by atoms with E-state index in [1.54, 1.807) is 24.7 Å². The Hall–Kier alpha value is -3.08. The highest BCUT2D eigenvalue weighted by molar-refractivity contribution is 6.14. The van der Waals surface area contributed by atoms with Crippen molar-refractivity contribution in [3.8, 4) is 11.3 Å². The van der Waals surface area contributed by atoms with Crippen LogP contribution >= 0.6 is 0 Å². The summed E-state index contributed by atoms with van der Waals surface area (Å²) in [5, 5.41) is 8.33. The molecular weight excluding hydrogens is 262 g/mol. The van der Waals surface area contributed by atoms with Gasteiger partial charge in [-0.2, -0.15) is 0 Å². The average molecular weight is 275 g/mol. The Kier molecular flexibility index (Phi) is 3.39. The van der Waals surface area contributed by atoms with Gasteiger partial charge in [-0.05, 0) is 6.07 Å². The van der Waals surface area contributed by atoms with Crippen molar-refractivity contribution in [2.24, 2.45) is 0 Å². The molecule has 3 N–H and O–H groups in total. The molecule has 0 saturated carbocycles. The molecule has 2 aromatic heterocycles. The van der Waals surface area contributed by atoms with E-state index in [2.05, 4.69) is 15.0 Å². The average Bonchev–Trinajstić information content (AvgIpc) is 2.56. The van der Waals surface area contributed by atoms with E-state index in [0.717, 1.165) is 11.1 Å². The minimum atomic E-state index is 0.369. The summed E-state index contributed by atoms with van der Waals surface area (Å²) in [6, 6.07) is 11.3. The normalized spacial score (nSPS) is 10.3. The second-order valence-corrected chi connectivity index (χ2v) is 4.52. The number of nitrogen functional groups attached to an aromatic ring is 1. The maximum Gasteiger partial charge on any atom is 0.115 e. The van der Waals surface area contributed by atoms with Crippen molar-refractivity contribution in [3.05, 3.63) is 72.4 Å². The zero-order valence-corrected chi connectivity index (χ0v) is 11.2. The van der Waals surface area contributed by atoms with Gasteiger partial charge in [0.25, 0.3) is 0 Å². The number of benzene rings is 1. The van der Waals surface area contributed by atoms with E-state index in [1.807, 2.05) is 30.3 Å². The molecule has 5 nitrogen and oxygen atoms in total. The van der Waals surface area contributed by atoms with Gasteiger partial charge in [0.2, 0.25) is 0 Å². The second kappa shape index (κ2) is 5.50. The molecule has 2 heterocycles. The van der Waals surface area contributed by atoms with Crippen LogP contribution in [0.2, 0.25) is 0 Å². The molecule has 3 rings (SSSR count). The van der Waals surface area contributed by atoms with Crippen LogP contribution in [0, 0.1) is 5.41 Å². The Morgan fingerprint density at radius 3 is 2.43 bits per heavy atom. The Bertz CT molecular complexity index is 769. The lowest BCUT2D eigenvalue weighted by molar-refractivity contribution is 1.16. The summed E-state index contributed by atoms with van der Waals surface area (Å²) in [5.41, 5.74) is 9.76. The van der Waals surface area contributed by atoms with Crippen LogP contribution in [0.25, 0.3) is 11.3 Å². The summed E-state index contributed by atoms with van der Waals surface area (Å²) >= 11 is 0. The second-order valence-electron chi connectivity index (χ2n) is 4.52. The maximum absolute atomic E-state index is 8.33. The van der Waals surface area contributed by atoms with Gasteiger partial charge >= 0.3 is 0 Å². The third kappa shape index (κ3) is 2.62. The third-order valence-electron chi connectivity index (χ3n) is 3.12. The van der Waals surface area contributed by atoms with Crippen LogP contribution in [0.5, 0.6) is 0 Å². The molecule has 0 radical (unpaired) electrons. The van der Waals surface area contributed by atoms with Gasteiger partial charge in [-0.15, -0.1) is 0 Å². The van der Waals surface area contributed by atoms with Gasteiger partial charge < -0.3 is 5.73 Å². The number of hydrogen-bond donors (Lipinski definition) is 2. The molecule has 0 spiro atoms. The zero-order chi connectivity index (χ0) is 14.7. The Morgan fingerprint density at radius 2 is 1.71 bits per heavy atom. The number of hydrogen-bond acceptors (Lipinski definition) is 5. The van der Waals surface area contributed by atoms with Gasteiger partial charge in [0, 0.05) is 29.1 Å². The van der Waals surface area contributed by atoms with E-state index in [-0.39, 0.29) is 0 Å². The Balaban J connectivity index is 2.05. The topological polar surface area (TPSA) is 88.5 Å². The lowest BCUT2D eigenvalue weighted by Gasteiger charge is -2.09. The van der Waals surface area contributed by atoms with Crippen molar-refractivity contribution >= 4 is 11.4 Å². The third-order valence-corrected chi connectivity index (χ3v) is 3.12. The van der Waals surface area contributed by atoms with Gasteiger partial charge in [-0.3, -0.25) is 10.4 Å². The molecule has 5 heteroatoms. The van der Waals surface area contributed by atoms with Crippen LogP contribution in [0.4, 0.5) is 5.69 Å². The molecule has 0 fully saturated rings. The molecule has 0 unspecified atom stereocenters. The number of nitrogens with two attached hydrogens (primary N) is 1. The van der Waals surface area contributed by atoms with Crippen molar-refractivity contribution in [3.63, 3.8) is 0 Å². The molecule has 0 bridgehead atoms. The molecule has 102 valence electrons. The van der Waals surface area contributed by atoms with Gasteiger partial charge in [0.1, 0.15) is 6.33 Å². The largest absolute Gasteiger partial charge is 0.397 e. The van der Waals surface area contributed by atoms with Crippen molar-refractivity contribution in [2.45, 2.75) is 0 Å². The van der Waals surface area contributed by atoms with Gasteiger partial charge in [-0.1, -0.05) is 30.3 Å². The zero-order valence-electron chi connectivity index (χ0n) is 11.2. The molecular formula is C16H13N5. The predicted molar refractivity (Wildman–Crippen MR) is 82.0 cm³/mol. The maximum atomic E-state index is 8.33. The summed E-state index contributed by atoms with van der Waals surface area (Å²) in [6.45, 7) is 0. The summed E-state index contributed by atoms with van der Waals surface area (Å²) in [4.78, 5) is 12.2. The van der Waals surface area contributed by atoms with E-state index in [4.69, 9.17) is 11.1 Å². The minimum absolute atomic E-state index is 0.369. The first-order chi connectivity index (χ1) is 10.3. The first-order valence-electron chi connectivity index (χ1n) is 6.41. The molecule has 0 aliphatic rings. The van der Waals surface area contributed by atoms with Gasteiger partial charge in [0.15, 0.2) is 0 Å². The molecule has 1 aromatic carbocycles. The van der Waals surface area contributed by atoms with E-state index >= 15 is 0 Å². The van der Waals surface area contributed by atoms with E-state index in [1.165, 1.54) is 6.33 Å².